The van der Waals surface area contributed by atoms with Crippen LogP contribution in [0.15, 0.2) is 225 Å². The third-order valence-electron chi connectivity index (χ3n) is 15.2. The zero-order valence-corrected chi connectivity index (χ0v) is 45.5. The van der Waals surface area contributed by atoms with Gasteiger partial charge in [0.15, 0.2) is 0 Å². The number of rotatable bonds is 9. The topological polar surface area (TPSA) is 33.5 Å². The predicted molar refractivity (Wildman–Crippen MR) is 325 cm³/mol. The van der Waals surface area contributed by atoms with Crippen LogP contribution in [0, 0.1) is 0 Å². The molecule has 9 aromatic carbocycles. The van der Waals surface area contributed by atoms with Crippen molar-refractivity contribution in [1.29, 1.82) is 0 Å². The molecule has 0 fully saturated rings. The van der Waals surface area contributed by atoms with E-state index >= 15 is 0 Å². The van der Waals surface area contributed by atoms with Crippen molar-refractivity contribution in [2.75, 3.05) is 16.5 Å². The van der Waals surface area contributed by atoms with Crippen molar-refractivity contribution in [1.82, 2.24) is 9.55 Å². The normalized spacial score (nSPS) is 13.4. The van der Waals surface area contributed by atoms with Gasteiger partial charge in [0.2, 0.25) is 0 Å². The Labute approximate surface area is 458 Å². The van der Waals surface area contributed by atoms with Gasteiger partial charge in [0, 0.05) is 51.5 Å². The minimum absolute atomic E-state index is 0.00841. The molecule has 0 spiro atoms. The highest BCUT2D eigenvalue weighted by Gasteiger charge is 2.32. The maximum atomic E-state index is 9.54. The Morgan fingerprint density at radius 2 is 1.03 bits per heavy atom. The molecule has 5 heteroatoms. The van der Waals surface area contributed by atoms with Crippen LogP contribution in [0.5, 0.6) is 11.5 Å². The van der Waals surface area contributed by atoms with Crippen LogP contribution in [0.25, 0.3) is 72.1 Å². The number of fused-ring (bicyclic) bond motifs is 4. The first kappa shape index (κ1) is 45.7. The Balaban J connectivity index is 0.951. The lowest BCUT2D eigenvalue weighted by atomic mass is 9.81. The van der Waals surface area contributed by atoms with Gasteiger partial charge in [0.25, 0.3) is 0 Å². The molecular formula is C72H66N4O. The van der Waals surface area contributed by atoms with E-state index in [0.717, 1.165) is 89.2 Å². The minimum atomic E-state index is -0.214. The summed E-state index contributed by atoms with van der Waals surface area (Å²) in [7, 11) is 0. The third-order valence-corrected chi connectivity index (χ3v) is 15.2. The van der Waals surface area contributed by atoms with Crippen molar-refractivity contribution < 1.29 is 8.85 Å². The molecule has 0 aliphatic carbocycles. The zero-order chi connectivity index (χ0) is 55.8. The molecule has 0 bridgehead atoms. The van der Waals surface area contributed by atoms with Gasteiger partial charge in [-0.2, -0.15) is 0 Å². The van der Waals surface area contributed by atoms with Crippen LogP contribution in [0.4, 0.5) is 22.7 Å². The van der Waals surface area contributed by atoms with Crippen LogP contribution in [0.2, 0.25) is 0 Å². The van der Waals surface area contributed by atoms with Crippen molar-refractivity contribution in [2.45, 2.75) is 78.6 Å². The number of pyridine rings is 1. The maximum absolute atomic E-state index is 9.54. The van der Waals surface area contributed by atoms with E-state index in [9.17, 15) is 4.11 Å². The van der Waals surface area contributed by atoms with Crippen molar-refractivity contribution >= 4 is 44.6 Å². The van der Waals surface area contributed by atoms with Crippen molar-refractivity contribution in [3.05, 3.63) is 241 Å². The van der Waals surface area contributed by atoms with Crippen molar-refractivity contribution in [3.63, 3.8) is 0 Å². The molecule has 0 amide bonds. The molecule has 380 valence electrons. The fraction of sp³-hybridized carbons (Fsp3) is 0.181. The lowest BCUT2D eigenvalue weighted by molar-refractivity contribution is 0.483. The molecule has 0 saturated heterocycles. The lowest BCUT2D eigenvalue weighted by Gasteiger charge is -2.28. The van der Waals surface area contributed by atoms with Gasteiger partial charge in [-0.1, -0.05) is 214 Å². The van der Waals surface area contributed by atoms with Crippen LogP contribution in [-0.4, -0.2) is 16.2 Å². The number of anilines is 4. The average molecular weight is 1010 g/mol. The number of benzene rings is 9. The molecular weight excluding hydrogens is 937 g/mol. The summed E-state index contributed by atoms with van der Waals surface area (Å²) in [5.74, 6) is 1.48. The number of para-hydroxylation sites is 4. The van der Waals surface area contributed by atoms with Crippen molar-refractivity contribution in [2.24, 2.45) is 0 Å². The fourth-order valence-electron chi connectivity index (χ4n) is 11.1. The number of hydrogen-bond donors (Lipinski definition) is 0. The number of nitrogens with zero attached hydrogens (tertiary/aromatic N) is 4. The Hall–Kier alpha value is -8.67. The monoisotopic (exact) mass is 1010 g/mol. The van der Waals surface area contributed by atoms with E-state index in [1.807, 2.05) is 30.5 Å². The highest BCUT2D eigenvalue weighted by Crippen LogP contribution is 2.51. The van der Waals surface area contributed by atoms with Crippen LogP contribution >= 0.6 is 0 Å². The van der Waals surface area contributed by atoms with Gasteiger partial charge in [-0.15, -0.1) is 0 Å². The van der Waals surface area contributed by atoms with Gasteiger partial charge in [-0.25, -0.2) is 4.98 Å². The summed E-state index contributed by atoms with van der Waals surface area (Å²) in [5, 5.41) is 2.12. The molecule has 0 saturated carbocycles. The van der Waals surface area contributed by atoms with E-state index in [2.05, 4.69) is 247 Å². The molecule has 1 aliphatic rings. The highest BCUT2D eigenvalue weighted by molar-refractivity contribution is 6.09. The average Bonchev–Trinajstić information content (AvgIpc) is 3.92. The molecule has 5 nitrogen and oxygen atoms in total. The zero-order valence-electron chi connectivity index (χ0n) is 48.5. The molecule has 12 rings (SSSR count). The second kappa shape index (κ2) is 19.2. The fourth-order valence-corrected chi connectivity index (χ4v) is 11.1. The first-order chi connectivity index (χ1) is 38.3. The van der Waals surface area contributed by atoms with Gasteiger partial charge >= 0.3 is 0 Å². The highest BCUT2D eigenvalue weighted by atomic mass is 16.5. The van der Waals surface area contributed by atoms with E-state index in [1.54, 1.807) is 6.07 Å². The smallest absolute Gasteiger partial charge is 0.137 e. The summed E-state index contributed by atoms with van der Waals surface area (Å²) in [6, 6.07) is 69.8. The van der Waals surface area contributed by atoms with Gasteiger partial charge in [-0.05, 0) is 115 Å². The first-order valence-electron chi connectivity index (χ1n) is 28.3. The van der Waals surface area contributed by atoms with Crippen LogP contribution in [-0.2, 0) is 16.2 Å². The van der Waals surface area contributed by atoms with Crippen LogP contribution in [0.1, 0.15) is 83.1 Å². The van der Waals surface area contributed by atoms with E-state index in [4.69, 9.17) is 9.72 Å². The van der Waals surface area contributed by atoms with Crippen LogP contribution in [0.3, 0.4) is 0 Å². The molecule has 0 N–H and O–H groups in total. The Kier molecular flexibility index (Phi) is 11.4. The number of hydrogen-bond acceptors (Lipinski definition) is 4. The SMILES string of the molecule is [2H]c1c(Oc2ccc3c4ccccc4n(-c4cc(C(C)(C)C)c(-c5ccc(C(C)(C)C)cc5)cn4)c3c2)cc(N2CN(c3c(-c4ccc(C(C)(C)C)cc4)cccc3-c3cccc(-c4ccccc4)c3)c3ccccc32)c([2H])c1[2H]. The Morgan fingerprint density at radius 3 is 1.71 bits per heavy atom. The van der Waals surface area contributed by atoms with Gasteiger partial charge < -0.3 is 14.5 Å². The predicted octanol–water partition coefficient (Wildman–Crippen LogP) is 19.8. The quantitative estimate of drug-likeness (QED) is 0.144. The minimum Gasteiger partial charge on any atom is -0.457 e. The second-order valence-electron chi connectivity index (χ2n) is 23.5. The summed E-state index contributed by atoms with van der Waals surface area (Å²) in [6.45, 7) is 20.5. The van der Waals surface area contributed by atoms with E-state index in [1.165, 1.54) is 16.7 Å². The molecule has 2 aromatic heterocycles. The molecule has 77 heavy (non-hydrogen) atoms. The summed E-state index contributed by atoms with van der Waals surface area (Å²) in [5.41, 5.74) is 17.6. The lowest BCUT2D eigenvalue weighted by Crippen LogP contribution is -2.25. The van der Waals surface area contributed by atoms with E-state index in [0.29, 0.717) is 18.1 Å². The molecule has 0 unspecified atom stereocenters. The second-order valence-corrected chi connectivity index (χ2v) is 23.5. The summed E-state index contributed by atoms with van der Waals surface area (Å²) < 4.78 is 37.2. The van der Waals surface area contributed by atoms with E-state index in [-0.39, 0.29) is 40.1 Å². The molecule has 3 heterocycles. The van der Waals surface area contributed by atoms with Gasteiger partial charge in [0.05, 0.1) is 32.2 Å². The number of ether oxygens (including phenoxy) is 1. The summed E-state index contributed by atoms with van der Waals surface area (Å²) in [4.78, 5) is 9.64. The Bertz CT molecular complexity index is 4160. The number of aromatic nitrogens is 2. The molecule has 11 aromatic rings. The molecule has 1 aliphatic heterocycles. The summed E-state index contributed by atoms with van der Waals surface area (Å²) in [6.07, 6.45) is 2.01. The van der Waals surface area contributed by atoms with Crippen LogP contribution < -0.4 is 14.5 Å². The first-order valence-corrected chi connectivity index (χ1v) is 26.8. The van der Waals surface area contributed by atoms with Gasteiger partial charge in [0.1, 0.15) is 24.0 Å². The standard InChI is InChI=1S/C72H66N4O/c1-70(2,3)53-36-32-49(33-37-53)58-27-19-28-59(52-23-17-22-51(42-52)48-20-11-10-12-21-48)69(58)75-47-74(65-30-15-16-31-66(65)75)55-24-18-25-56(43-55)77-57-40-41-61-60-26-13-14-29-64(60)76(67(61)44-57)68-45-63(72(7,8)9)62(46-73-68)50-34-38-54(39-35-50)71(4,5)6/h10-46H,47H2,1-9H3/i18D,24D,25D. The largest absolute Gasteiger partial charge is 0.457 e. The van der Waals surface area contributed by atoms with Crippen molar-refractivity contribution in [3.8, 4) is 61.8 Å². The maximum Gasteiger partial charge on any atom is 0.137 e. The van der Waals surface area contributed by atoms with Gasteiger partial charge in [-0.3, -0.25) is 4.57 Å². The Morgan fingerprint density at radius 1 is 0.442 bits per heavy atom. The molecule has 0 atom stereocenters. The molecule has 0 radical (unpaired) electrons. The third kappa shape index (κ3) is 9.35. The summed E-state index contributed by atoms with van der Waals surface area (Å²) >= 11 is 0. The van der Waals surface area contributed by atoms with E-state index < -0.39 is 0 Å².